The van der Waals surface area contributed by atoms with Crippen molar-refractivity contribution in [2.24, 2.45) is 4.99 Å². The van der Waals surface area contributed by atoms with E-state index in [1.54, 1.807) is 32.1 Å². The lowest BCUT2D eigenvalue weighted by molar-refractivity contribution is 0.248. The maximum absolute atomic E-state index is 10.7. The SMILES string of the molecule is COc1ccc(C2(N=C=O)CCC2)c(SC)c1OC. The van der Waals surface area contributed by atoms with E-state index in [9.17, 15) is 4.79 Å². The van der Waals surface area contributed by atoms with Crippen LogP contribution in [0.25, 0.3) is 0 Å². The molecule has 0 N–H and O–H groups in total. The third-order valence-electron chi connectivity index (χ3n) is 3.65. The number of carbonyl (C=O) groups excluding carboxylic acids is 1. The predicted octanol–water partition coefficient (Wildman–Crippen LogP) is 3.14. The molecule has 0 heterocycles. The largest absolute Gasteiger partial charge is 0.493 e. The second-order valence-corrected chi connectivity index (χ2v) is 5.29. The van der Waals surface area contributed by atoms with Crippen molar-refractivity contribution in [2.45, 2.75) is 29.7 Å². The molecular weight excluding hydrogens is 262 g/mol. The van der Waals surface area contributed by atoms with Crippen LogP contribution in [0.15, 0.2) is 22.0 Å². The summed E-state index contributed by atoms with van der Waals surface area (Å²) < 4.78 is 10.8. The maximum atomic E-state index is 10.7. The Labute approximate surface area is 117 Å². The van der Waals surface area contributed by atoms with Crippen LogP contribution in [0.4, 0.5) is 0 Å². The highest BCUT2D eigenvalue weighted by Crippen LogP contribution is 2.51. The normalized spacial score (nSPS) is 16.2. The minimum atomic E-state index is -0.417. The van der Waals surface area contributed by atoms with Gasteiger partial charge >= 0.3 is 0 Å². The highest BCUT2D eigenvalue weighted by molar-refractivity contribution is 7.98. The van der Waals surface area contributed by atoms with Gasteiger partial charge < -0.3 is 9.47 Å². The van der Waals surface area contributed by atoms with Crippen molar-refractivity contribution in [2.75, 3.05) is 20.5 Å². The van der Waals surface area contributed by atoms with Gasteiger partial charge in [0.1, 0.15) is 0 Å². The van der Waals surface area contributed by atoms with E-state index in [1.165, 1.54) is 0 Å². The second-order valence-electron chi connectivity index (χ2n) is 4.47. The molecule has 1 saturated carbocycles. The molecule has 0 atom stereocenters. The Morgan fingerprint density at radius 3 is 2.47 bits per heavy atom. The minimum absolute atomic E-state index is 0.417. The van der Waals surface area contributed by atoms with Gasteiger partial charge in [-0.3, -0.25) is 0 Å². The van der Waals surface area contributed by atoms with Crippen LogP contribution in [0.3, 0.4) is 0 Å². The van der Waals surface area contributed by atoms with Crippen molar-refractivity contribution in [3.63, 3.8) is 0 Å². The Bertz CT molecular complexity index is 520. The second kappa shape index (κ2) is 5.68. The van der Waals surface area contributed by atoms with Gasteiger partial charge in [0, 0.05) is 0 Å². The summed E-state index contributed by atoms with van der Waals surface area (Å²) in [5.74, 6) is 1.40. The zero-order chi connectivity index (χ0) is 13.9. The molecule has 0 saturated heterocycles. The number of isocyanates is 1. The Kier molecular flexibility index (Phi) is 4.17. The molecule has 102 valence electrons. The molecule has 0 amide bonds. The molecule has 0 aromatic heterocycles. The van der Waals surface area contributed by atoms with Gasteiger partial charge in [0.15, 0.2) is 11.5 Å². The molecule has 1 aromatic rings. The summed E-state index contributed by atoms with van der Waals surface area (Å²) in [6.45, 7) is 0. The molecule has 0 aliphatic heterocycles. The third-order valence-corrected chi connectivity index (χ3v) is 4.46. The summed E-state index contributed by atoms with van der Waals surface area (Å²) in [6, 6.07) is 3.85. The van der Waals surface area contributed by atoms with Gasteiger partial charge in [-0.1, -0.05) is 6.07 Å². The summed E-state index contributed by atoms with van der Waals surface area (Å²) in [6.07, 6.45) is 6.54. The van der Waals surface area contributed by atoms with Crippen molar-refractivity contribution < 1.29 is 14.3 Å². The fourth-order valence-electron chi connectivity index (χ4n) is 2.51. The zero-order valence-electron chi connectivity index (χ0n) is 11.4. The number of methoxy groups -OCH3 is 2. The molecule has 0 bridgehead atoms. The van der Waals surface area contributed by atoms with Gasteiger partial charge in [-0.2, -0.15) is 4.99 Å². The van der Waals surface area contributed by atoms with Crippen molar-refractivity contribution in [3.05, 3.63) is 17.7 Å². The van der Waals surface area contributed by atoms with Crippen LogP contribution in [0.1, 0.15) is 24.8 Å². The monoisotopic (exact) mass is 279 g/mol. The van der Waals surface area contributed by atoms with Crippen LogP contribution >= 0.6 is 11.8 Å². The smallest absolute Gasteiger partial charge is 0.235 e. The quantitative estimate of drug-likeness (QED) is 0.472. The summed E-state index contributed by atoms with van der Waals surface area (Å²) in [5, 5.41) is 0. The van der Waals surface area contributed by atoms with Gasteiger partial charge in [-0.15, -0.1) is 11.8 Å². The fraction of sp³-hybridized carbons (Fsp3) is 0.500. The van der Waals surface area contributed by atoms with Crippen LogP contribution in [-0.4, -0.2) is 26.6 Å². The van der Waals surface area contributed by atoms with Crippen LogP contribution in [0.5, 0.6) is 11.5 Å². The average molecular weight is 279 g/mol. The first-order valence-corrected chi connectivity index (χ1v) is 7.33. The van der Waals surface area contributed by atoms with Crippen LogP contribution in [-0.2, 0) is 10.3 Å². The van der Waals surface area contributed by atoms with E-state index in [1.807, 2.05) is 18.4 Å². The fourth-order valence-corrected chi connectivity index (χ4v) is 3.36. The number of ether oxygens (including phenoxy) is 2. The van der Waals surface area contributed by atoms with Crippen LogP contribution < -0.4 is 9.47 Å². The molecule has 0 radical (unpaired) electrons. The van der Waals surface area contributed by atoms with Crippen molar-refractivity contribution in [3.8, 4) is 11.5 Å². The Morgan fingerprint density at radius 1 is 1.32 bits per heavy atom. The Balaban J connectivity index is 2.60. The molecule has 1 aromatic carbocycles. The highest BCUT2D eigenvalue weighted by Gasteiger charge is 2.41. The van der Waals surface area contributed by atoms with E-state index >= 15 is 0 Å². The lowest BCUT2D eigenvalue weighted by Gasteiger charge is -2.38. The summed E-state index contributed by atoms with van der Waals surface area (Å²) in [4.78, 5) is 15.8. The lowest BCUT2D eigenvalue weighted by atomic mass is 9.72. The molecule has 2 rings (SSSR count). The average Bonchev–Trinajstić information content (AvgIpc) is 2.41. The third kappa shape index (κ3) is 2.24. The molecule has 1 aliphatic rings. The van der Waals surface area contributed by atoms with E-state index in [2.05, 4.69) is 4.99 Å². The summed E-state index contributed by atoms with van der Waals surface area (Å²) in [7, 11) is 3.24. The molecular formula is C14H17NO3S. The zero-order valence-corrected chi connectivity index (χ0v) is 12.2. The first-order chi connectivity index (χ1) is 9.22. The van der Waals surface area contributed by atoms with E-state index in [-0.39, 0.29) is 0 Å². The number of thioether (sulfide) groups is 1. The molecule has 1 fully saturated rings. The van der Waals surface area contributed by atoms with Crippen molar-refractivity contribution in [1.82, 2.24) is 0 Å². The van der Waals surface area contributed by atoms with Gasteiger partial charge in [0.25, 0.3) is 0 Å². The van der Waals surface area contributed by atoms with Gasteiger partial charge in [-0.25, -0.2) is 4.79 Å². The Morgan fingerprint density at radius 2 is 2.05 bits per heavy atom. The first-order valence-electron chi connectivity index (χ1n) is 6.11. The molecule has 4 nitrogen and oxygen atoms in total. The number of rotatable bonds is 5. The Hall–Kier alpha value is -1.45. The first kappa shape index (κ1) is 14.0. The lowest BCUT2D eigenvalue weighted by Crippen LogP contribution is -2.32. The summed E-state index contributed by atoms with van der Waals surface area (Å²) in [5.41, 5.74) is 0.617. The predicted molar refractivity (Wildman–Crippen MR) is 75.0 cm³/mol. The minimum Gasteiger partial charge on any atom is -0.493 e. The molecule has 1 aliphatic carbocycles. The number of hydrogen-bond acceptors (Lipinski definition) is 5. The van der Waals surface area contributed by atoms with Crippen molar-refractivity contribution >= 4 is 17.8 Å². The standard InChI is InChI=1S/C14H17NO3S/c1-17-11-6-5-10(13(19-3)12(11)18-2)14(15-9-16)7-4-8-14/h5-6H,4,7-8H2,1-3H3. The molecule has 5 heteroatoms. The number of hydrogen-bond donors (Lipinski definition) is 0. The van der Waals surface area contributed by atoms with E-state index in [0.29, 0.717) is 11.5 Å². The molecule has 19 heavy (non-hydrogen) atoms. The van der Waals surface area contributed by atoms with Gasteiger partial charge in [0.2, 0.25) is 6.08 Å². The number of benzene rings is 1. The topological polar surface area (TPSA) is 47.9 Å². The molecule has 0 unspecified atom stereocenters. The van der Waals surface area contributed by atoms with Crippen molar-refractivity contribution in [1.29, 1.82) is 0 Å². The van der Waals surface area contributed by atoms with E-state index in [4.69, 9.17) is 9.47 Å². The van der Waals surface area contributed by atoms with E-state index < -0.39 is 5.54 Å². The van der Waals surface area contributed by atoms with E-state index in [0.717, 1.165) is 29.7 Å². The van der Waals surface area contributed by atoms with Crippen LogP contribution in [0.2, 0.25) is 0 Å². The van der Waals surface area contributed by atoms with Gasteiger partial charge in [-0.05, 0) is 37.1 Å². The highest BCUT2D eigenvalue weighted by atomic mass is 32.2. The number of aliphatic imine (C=N–C) groups is 1. The summed E-state index contributed by atoms with van der Waals surface area (Å²) >= 11 is 1.58. The number of nitrogens with zero attached hydrogens (tertiary/aromatic N) is 1. The maximum Gasteiger partial charge on any atom is 0.235 e. The van der Waals surface area contributed by atoms with Gasteiger partial charge in [0.05, 0.1) is 24.7 Å². The van der Waals surface area contributed by atoms with Crippen LogP contribution in [0, 0.1) is 0 Å². The molecule has 0 spiro atoms.